The van der Waals surface area contributed by atoms with Crippen LogP contribution in [0, 0.1) is 6.92 Å². The minimum atomic E-state index is 0.0382. The van der Waals surface area contributed by atoms with Crippen molar-refractivity contribution in [2.24, 2.45) is 7.05 Å². The number of amides is 1. The molecule has 1 aromatic carbocycles. The van der Waals surface area contributed by atoms with E-state index in [-0.39, 0.29) is 5.91 Å². The predicted octanol–water partition coefficient (Wildman–Crippen LogP) is 4.93. The Hall–Kier alpha value is -1.69. The average Bonchev–Trinajstić information content (AvgIpc) is 3.06. The summed E-state index contributed by atoms with van der Waals surface area (Å²) < 4.78 is 2.15. The summed E-state index contributed by atoms with van der Waals surface area (Å²) in [6.07, 6.45) is 4.27. The van der Waals surface area contributed by atoms with Crippen molar-refractivity contribution in [2.75, 3.05) is 44.2 Å². The molecule has 2 aromatic rings. The van der Waals surface area contributed by atoms with Crippen LogP contribution in [0.2, 0.25) is 10.0 Å². The van der Waals surface area contributed by atoms with E-state index >= 15 is 0 Å². The van der Waals surface area contributed by atoms with Gasteiger partial charge in [0.25, 0.3) is 5.91 Å². The summed E-state index contributed by atoms with van der Waals surface area (Å²) in [6, 6.07) is 7.85. The molecule has 3 rings (SSSR count). The largest absolute Gasteiger partial charge is 0.368 e. The molecule has 1 N–H and O–H groups in total. The molecule has 0 radical (unpaired) electrons. The zero-order valence-corrected chi connectivity index (χ0v) is 20.4. The molecule has 0 spiro atoms. The molecule has 1 amide bonds. The van der Waals surface area contributed by atoms with Gasteiger partial charge >= 0.3 is 0 Å². The van der Waals surface area contributed by atoms with Crippen LogP contribution in [0.4, 0.5) is 5.69 Å². The summed E-state index contributed by atoms with van der Waals surface area (Å²) in [5.74, 6) is 0.0382. The van der Waals surface area contributed by atoms with Crippen LogP contribution < -0.4 is 10.2 Å². The maximum atomic E-state index is 12.6. The second kappa shape index (κ2) is 11.3. The van der Waals surface area contributed by atoms with Crippen molar-refractivity contribution in [3.05, 3.63) is 51.3 Å². The fourth-order valence-corrected chi connectivity index (χ4v) is 4.56. The monoisotopic (exact) mass is 464 g/mol. The summed E-state index contributed by atoms with van der Waals surface area (Å²) in [4.78, 5) is 17.4. The lowest BCUT2D eigenvalue weighted by Crippen LogP contribution is -2.47. The number of aromatic nitrogens is 1. The number of carbonyl (C=O) groups is 1. The smallest absolute Gasteiger partial charge is 0.253 e. The quantitative estimate of drug-likeness (QED) is 0.535. The van der Waals surface area contributed by atoms with Crippen molar-refractivity contribution >= 4 is 34.8 Å². The SMILES string of the molecule is CCCCc1cc(C(=O)NCCCN2CCN(c3cccc(Cl)c3Cl)CC2)c(C)n1C. The maximum Gasteiger partial charge on any atom is 0.253 e. The molecule has 0 bridgehead atoms. The summed E-state index contributed by atoms with van der Waals surface area (Å²) in [5.41, 5.74) is 4.10. The number of nitrogens with zero attached hydrogens (tertiary/aromatic N) is 3. The van der Waals surface area contributed by atoms with Gasteiger partial charge in [-0.2, -0.15) is 0 Å². The van der Waals surface area contributed by atoms with E-state index in [0.717, 1.165) is 75.4 Å². The second-order valence-corrected chi connectivity index (χ2v) is 9.09. The average molecular weight is 465 g/mol. The zero-order chi connectivity index (χ0) is 22.4. The molecule has 0 unspecified atom stereocenters. The van der Waals surface area contributed by atoms with Crippen molar-refractivity contribution < 1.29 is 4.79 Å². The highest BCUT2D eigenvalue weighted by atomic mass is 35.5. The van der Waals surface area contributed by atoms with Crippen molar-refractivity contribution in [3.8, 4) is 0 Å². The van der Waals surface area contributed by atoms with Gasteiger partial charge in [-0.3, -0.25) is 9.69 Å². The number of hydrogen-bond acceptors (Lipinski definition) is 3. The summed E-state index contributed by atoms with van der Waals surface area (Å²) in [5, 5.41) is 4.34. The van der Waals surface area contributed by atoms with E-state index in [1.54, 1.807) is 0 Å². The first kappa shape index (κ1) is 24.0. The van der Waals surface area contributed by atoms with E-state index < -0.39 is 0 Å². The van der Waals surface area contributed by atoms with E-state index in [0.29, 0.717) is 16.6 Å². The van der Waals surface area contributed by atoms with Gasteiger partial charge in [0.15, 0.2) is 0 Å². The molecule has 1 saturated heterocycles. The third-order valence-corrected chi connectivity index (χ3v) is 7.06. The fourth-order valence-electron chi connectivity index (χ4n) is 4.14. The van der Waals surface area contributed by atoms with Crippen molar-refractivity contribution in [1.29, 1.82) is 0 Å². The number of unbranched alkanes of at least 4 members (excludes halogenated alkanes) is 1. The number of piperazine rings is 1. The number of nitrogens with one attached hydrogen (secondary N) is 1. The van der Waals surface area contributed by atoms with Crippen molar-refractivity contribution in [2.45, 2.75) is 39.5 Å². The molecule has 1 aliphatic rings. The number of anilines is 1. The highest BCUT2D eigenvalue weighted by Crippen LogP contribution is 2.32. The summed E-state index contributed by atoms with van der Waals surface area (Å²) in [7, 11) is 2.05. The first-order valence-corrected chi connectivity index (χ1v) is 12.0. The molecule has 0 saturated carbocycles. The van der Waals surface area contributed by atoms with Crippen molar-refractivity contribution in [3.63, 3.8) is 0 Å². The van der Waals surface area contributed by atoms with Crippen LogP contribution in [-0.2, 0) is 13.5 Å². The zero-order valence-electron chi connectivity index (χ0n) is 18.9. The van der Waals surface area contributed by atoms with Gasteiger partial charge in [0, 0.05) is 51.2 Å². The standard InChI is InChI=1S/C24H34Cl2N4O/c1-4-5-8-19-17-20(18(2)28(19)3)24(31)27-11-7-12-29-13-15-30(16-14-29)22-10-6-9-21(25)23(22)26/h6,9-10,17H,4-5,7-8,11-16H2,1-3H3,(H,27,31). The van der Waals surface area contributed by atoms with E-state index in [1.165, 1.54) is 5.69 Å². The lowest BCUT2D eigenvalue weighted by Gasteiger charge is -2.36. The molecule has 1 fully saturated rings. The lowest BCUT2D eigenvalue weighted by molar-refractivity contribution is 0.0950. The Balaban J connectivity index is 1.41. The van der Waals surface area contributed by atoms with Crippen LogP contribution in [-0.4, -0.2) is 54.6 Å². The molecule has 1 aromatic heterocycles. The van der Waals surface area contributed by atoms with Crippen molar-refractivity contribution in [1.82, 2.24) is 14.8 Å². The third kappa shape index (κ3) is 5.97. The highest BCUT2D eigenvalue weighted by Gasteiger charge is 2.20. The van der Waals surface area contributed by atoms with Gasteiger partial charge in [-0.15, -0.1) is 0 Å². The number of aryl methyl sites for hydroxylation is 1. The highest BCUT2D eigenvalue weighted by molar-refractivity contribution is 6.43. The van der Waals surface area contributed by atoms with Crippen LogP contribution in [0.5, 0.6) is 0 Å². The van der Waals surface area contributed by atoms with Gasteiger partial charge in [-0.1, -0.05) is 42.6 Å². The van der Waals surface area contributed by atoms with Crippen LogP contribution in [0.3, 0.4) is 0 Å². The molecule has 2 heterocycles. The normalized spacial score (nSPS) is 14.8. The molecule has 0 aliphatic carbocycles. The van der Waals surface area contributed by atoms with Gasteiger partial charge in [0.05, 0.1) is 21.3 Å². The van der Waals surface area contributed by atoms with Gasteiger partial charge in [-0.25, -0.2) is 0 Å². The molecule has 170 valence electrons. The minimum Gasteiger partial charge on any atom is -0.368 e. The number of rotatable bonds is 9. The summed E-state index contributed by atoms with van der Waals surface area (Å²) in [6.45, 7) is 9.70. The fraction of sp³-hybridized carbons (Fsp3) is 0.542. The molecule has 1 aliphatic heterocycles. The molecule has 31 heavy (non-hydrogen) atoms. The van der Waals surface area contributed by atoms with Crippen LogP contribution in [0.1, 0.15) is 47.9 Å². The Kier molecular flexibility index (Phi) is 8.70. The Labute approximate surface area is 196 Å². The molecular formula is C24H34Cl2N4O. The number of carbonyl (C=O) groups excluding carboxylic acids is 1. The number of benzene rings is 1. The first-order chi connectivity index (χ1) is 14.9. The van der Waals surface area contributed by atoms with E-state index in [1.807, 2.05) is 32.2 Å². The minimum absolute atomic E-state index is 0.0382. The third-order valence-electron chi connectivity index (χ3n) is 6.25. The second-order valence-electron chi connectivity index (χ2n) is 8.31. The Bertz CT molecular complexity index is 888. The number of hydrogen-bond donors (Lipinski definition) is 1. The topological polar surface area (TPSA) is 40.5 Å². The van der Waals surface area contributed by atoms with Crippen LogP contribution in [0.15, 0.2) is 24.3 Å². The maximum absolute atomic E-state index is 12.6. The Morgan fingerprint density at radius 3 is 2.58 bits per heavy atom. The van der Waals surface area contributed by atoms with Gasteiger partial charge in [0.1, 0.15) is 0 Å². The van der Waals surface area contributed by atoms with Gasteiger partial charge in [-0.05, 0) is 50.9 Å². The summed E-state index contributed by atoms with van der Waals surface area (Å²) >= 11 is 12.5. The van der Waals surface area contributed by atoms with Gasteiger partial charge < -0.3 is 14.8 Å². The predicted molar refractivity (Wildman–Crippen MR) is 131 cm³/mol. The Morgan fingerprint density at radius 2 is 1.87 bits per heavy atom. The van der Waals surface area contributed by atoms with E-state index in [2.05, 4.69) is 32.7 Å². The van der Waals surface area contributed by atoms with E-state index in [4.69, 9.17) is 23.2 Å². The molecule has 5 nitrogen and oxygen atoms in total. The number of halogens is 2. The molecular weight excluding hydrogens is 431 g/mol. The van der Waals surface area contributed by atoms with E-state index in [9.17, 15) is 4.79 Å². The lowest BCUT2D eigenvalue weighted by atomic mass is 10.2. The van der Waals surface area contributed by atoms with Crippen LogP contribution in [0.25, 0.3) is 0 Å². The van der Waals surface area contributed by atoms with Gasteiger partial charge in [0.2, 0.25) is 0 Å². The molecule has 0 atom stereocenters. The Morgan fingerprint density at radius 1 is 1.13 bits per heavy atom. The first-order valence-electron chi connectivity index (χ1n) is 11.3. The van der Waals surface area contributed by atoms with Crippen LogP contribution >= 0.6 is 23.2 Å². The molecule has 7 heteroatoms.